The Hall–Kier alpha value is -2.60. The van der Waals surface area contributed by atoms with Crippen molar-refractivity contribution in [2.75, 3.05) is 11.9 Å². The van der Waals surface area contributed by atoms with E-state index in [9.17, 15) is 9.59 Å². The van der Waals surface area contributed by atoms with Gasteiger partial charge in [0.25, 0.3) is 5.91 Å². The molecule has 144 valence electrons. The van der Waals surface area contributed by atoms with Crippen molar-refractivity contribution >= 4 is 29.2 Å². The van der Waals surface area contributed by atoms with Gasteiger partial charge < -0.3 is 14.8 Å². The second kappa shape index (κ2) is 9.37. The van der Waals surface area contributed by atoms with E-state index in [0.717, 1.165) is 11.1 Å². The lowest BCUT2D eigenvalue weighted by Crippen LogP contribution is -2.31. The minimum Gasteiger partial charge on any atom is -0.482 e. The van der Waals surface area contributed by atoms with Crippen LogP contribution in [0.3, 0.4) is 0 Å². The highest BCUT2D eigenvalue weighted by Gasteiger charge is 2.19. The van der Waals surface area contributed by atoms with Crippen LogP contribution in [0, 0.1) is 6.92 Å². The Balaban J connectivity index is 1.89. The summed E-state index contributed by atoms with van der Waals surface area (Å²) in [6.07, 6.45) is 0.509. The smallest absolute Gasteiger partial charge is 0.344 e. The Labute approximate surface area is 163 Å². The van der Waals surface area contributed by atoms with Gasteiger partial charge in [0.05, 0.1) is 5.69 Å². The molecule has 6 nitrogen and oxygen atoms in total. The topological polar surface area (TPSA) is 77.5 Å². The molecule has 1 aromatic heterocycles. The maximum absolute atomic E-state index is 12.1. The lowest BCUT2D eigenvalue weighted by molar-refractivity contribution is -0.155. The fraction of sp³-hybridized carbons (Fsp3) is 0.350. The number of anilines is 1. The number of rotatable bonds is 7. The van der Waals surface area contributed by atoms with Crippen LogP contribution in [0.25, 0.3) is 0 Å². The van der Waals surface area contributed by atoms with E-state index in [0.29, 0.717) is 17.4 Å². The number of amides is 1. The maximum atomic E-state index is 12.1. The van der Waals surface area contributed by atoms with Gasteiger partial charge in [-0.25, -0.2) is 9.78 Å². The molecule has 0 radical (unpaired) electrons. The highest BCUT2D eigenvalue weighted by molar-refractivity contribution is 6.32. The van der Waals surface area contributed by atoms with Crippen LogP contribution in [0.5, 0.6) is 5.75 Å². The van der Waals surface area contributed by atoms with Gasteiger partial charge in [0.1, 0.15) is 5.75 Å². The molecule has 0 saturated carbocycles. The van der Waals surface area contributed by atoms with Crippen LogP contribution in [-0.2, 0) is 14.3 Å². The summed E-state index contributed by atoms with van der Waals surface area (Å²) in [7, 11) is 0. The van der Waals surface area contributed by atoms with E-state index in [-0.39, 0.29) is 11.8 Å². The number of halogens is 1. The predicted octanol–water partition coefficient (Wildman–Crippen LogP) is 4.12. The molecular weight excluding hydrogens is 368 g/mol. The second-order valence-corrected chi connectivity index (χ2v) is 6.79. The van der Waals surface area contributed by atoms with Crippen LogP contribution in [0.2, 0.25) is 5.15 Å². The third kappa shape index (κ3) is 5.96. The maximum Gasteiger partial charge on any atom is 0.344 e. The number of carbonyl (C=O) groups is 2. The van der Waals surface area contributed by atoms with Crippen molar-refractivity contribution in [3.63, 3.8) is 0 Å². The molecule has 0 fully saturated rings. The number of hydrogen-bond donors (Lipinski definition) is 1. The number of pyridine rings is 1. The first-order valence-corrected chi connectivity index (χ1v) is 9.00. The molecular formula is C20H23ClN2O4. The van der Waals surface area contributed by atoms with E-state index in [1.165, 1.54) is 13.1 Å². The van der Waals surface area contributed by atoms with Gasteiger partial charge in [-0.2, -0.15) is 0 Å². The first kappa shape index (κ1) is 20.7. The molecule has 0 bridgehead atoms. The number of aryl methyl sites for hydroxylation is 1. The van der Waals surface area contributed by atoms with E-state index >= 15 is 0 Å². The van der Waals surface area contributed by atoms with E-state index < -0.39 is 18.0 Å². The Morgan fingerprint density at radius 2 is 1.96 bits per heavy atom. The van der Waals surface area contributed by atoms with Crippen molar-refractivity contribution in [3.8, 4) is 5.75 Å². The zero-order valence-corrected chi connectivity index (χ0v) is 16.5. The molecule has 0 aliphatic rings. The number of ether oxygens (including phenoxy) is 2. The lowest BCUT2D eigenvalue weighted by Gasteiger charge is -2.15. The standard InChI is InChI=1S/C20H23ClN2O4/c1-12(2)15-8-7-13(3)17(10-15)26-11-18(24)27-14(4)20(25)23-16-6-5-9-22-19(16)21/h5-10,12,14H,11H2,1-4H3,(H,23,25)/t14-/m0/s1. The molecule has 1 atom stereocenters. The third-order valence-electron chi connectivity index (χ3n) is 3.92. The molecule has 0 spiro atoms. The summed E-state index contributed by atoms with van der Waals surface area (Å²) in [4.78, 5) is 28.0. The van der Waals surface area contributed by atoms with Gasteiger partial charge in [0.15, 0.2) is 17.9 Å². The van der Waals surface area contributed by atoms with E-state index in [2.05, 4.69) is 24.1 Å². The van der Waals surface area contributed by atoms with Crippen molar-refractivity contribution in [2.24, 2.45) is 0 Å². The van der Waals surface area contributed by atoms with E-state index in [4.69, 9.17) is 21.1 Å². The average molecular weight is 391 g/mol. The predicted molar refractivity (Wildman–Crippen MR) is 104 cm³/mol. The summed E-state index contributed by atoms with van der Waals surface area (Å²) in [6, 6.07) is 9.13. The van der Waals surface area contributed by atoms with E-state index in [1.807, 2.05) is 25.1 Å². The molecule has 1 heterocycles. The molecule has 7 heteroatoms. The summed E-state index contributed by atoms with van der Waals surface area (Å²) in [6.45, 7) is 7.25. The Bertz CT molecular complexity index is 823. The zero-order chi connectivity index (χ0) is 20.0. The van der Waals surface area contributed by atoms with Crippen molar-refractivity contribution in [3.05, 3.63) is 52.8 Å². The van der Waals surface area contributed by atoms with Crippen LogP contribution < -0.4 is 10.1 Å². The number of nitrogens with one attached hydrogen (secondary N) is 1. The van der Waals surface area contributed by atoms with Crippen LogP contribution in [0.4, 0.5) is 5.69 Å². The summed E-state index contributed by atoms with van der Waals surface area (Å²) < 4.78 is 10.7. The summed E-state index contributed by atoms with van der Waals surface area (Å²) in [5.74, 6) is -0.166. The van der Waals surface area contributed by atoms with Gasteiger partial charge in [-0.15, -0.1) is 0 Å². The summed E-state index contributed by atoms with van der Waals surface area (Å²) in [5, 5.41) is 2.73. The number of hydrogen-bond acceptors (Lipinski definition) is 5. The van der Waals surface area contributed by atoms with E-state index in [1.54, 1.807) is 12.1 Å². The highest BCUT2D eigenvalue weighted by atomic mass is 35.5. The number of carbonyl (C=O) groups excluding carboxylic acids is 2. The van der Waals surface area contributed by atoms with Crippen molar-refractivity contribution < 1.29 is 19.1 Å². The summed E-state index contributed by atoms with van der Waals surface area (Å²) in [5.41, 5.74) is 2.39. The van der Waals surface area contributed by atoms with Crippen LogP contribution in [-0.4, -0.2) is 29.6 Å². The molecule has 1 amide bonds. The molecule has 2 aromatic rings. The zero-order valence-electron chi connectivity index (χ0n) is 15.8. The molecule has 0 saturated heterocycles. The number of esters is 1. The Morgan fingerprint density at radius 1 is 1.22 bits per heavy atom. The quantitative estimate of drug-likeness (QED) is 0.568. The Morgan fingerprint density at radius 3 is 2.63 bits per heavy atom. The number of aromatic nitrogens is 1. The van der Waals surface area contributed by atoms with Crippen molar-refractivity contribution in [1.82, 2.24) is 4.98 Å². The first-order chi connectivity index (χ1) is 12.8. The molecule has 0 aliphatic carbocycles. The minimum atomic E-state index is -1.000. The third-order valence-corrected chi connectivity index (χ3v) is 4.22. The molecule has 27 heavy (non-hydrogen) atoms. The van der Waals surface area contributed by atoms with Gasteiger partial charge in [0.2, 0.25) is 0 Å². The van der Waals surface area contributed by atoms with Gasteiger partial charge in [-0.1, -0.05) is 37.6 Å². The normalized spacial score (nSPS) is 11.8. The molecule has 0 unspecified atom stereocenters. The van der Waals surface area contributed by atoms with Gasteiger partial charge in [0, 0.05) is 6.20 Å². The van der Waals surface area contributed by atoms with Gasteiger partial charge >= 0.3 is 5.97 Å². The second-order valence-electron chi connectivity index (χ2n) is 6.43. The van der Waals surface area contributed by atoms with Crippen molar-refractivity contribution in [2.45, 2.75) is 39.7 Å². The van der Waals surface area contributed by atoms with Gasteiger partial charge in [-0.3, -0.25) is 4.79 Å². The number of benzene rings is 1. The van der Waals surface area contributed by atoms with Crippen LogP contribution in [0.15, 0.2) is 36.5 Å². The largest absolute Gasteiger partial charge is 0.482 e. The average Bonchev–Trinajstić information content (AvgIpc) is 2.62. The monoisotopic (exact) mass is 390 g/mol. The SMILES string of the molecule is Cc1ccc(C(C)C)cc1OCC(=O)O[C@@H](C)C(=O)Nc1cccnc1Cl. The fourth-order valence-electron chi connectivity index (χ4n) is 2.27. The molecule has 1 N–H and O–H groups in total. The minimum absolute atomic E-state index is 0.160. The fourth-order valence-corrected chi connectivity index (χ4v) is 2.43. The number of nitrogens with zero attached hydrogens (tertiary/aromatic N) is 1. The molecule has 1 aromatic carbocycles. The molecule has 2 rings (SSSR count). The Kier molecular flexibility index (Phi) is 7.19. The van der Waals surface area contributed by atoms with Crippen molar-refractivity contribution in [1.29, 1.82) is 0 Å². The van der Waals surface area contributed by atoms with Crippen LogP contribution >= 0.6 is 11.6 Å². The lowest BCUT2D eigenvalue weighted by atomic mass is 10.0. The summed E-state index contributed by atoms with van der Waals surface area (Å²) >= 11 is 5.89. The van der Waals surface area contributed by atoms with Crippen LogP contribution in [0.1, 0.15) is 37.8 Å². The first-order valence-electron chi connectivity index (χ1n) is 8.62. The molecule has 0 aliphatic heterocycles. The highest BCUT2D eigenvalue weighted by Crippen LogP contribution is 2.24. The van der Waals surface area contributed by atoms with Gasteiger partial charge in [-0.05, 0) is 49.1 Å².